The van der Waals surface area contributed by atoms with Gasteiger partial charge in [-0.05, 0) is 36.6 Å². The van der Waals surface area contributed by atoms with Gasteiger partial charge in [0, 0.05) is 34.7 Å². The Bertz CT molecular complexity index is 1010. The fourth-order valence-corrected chi connectivity index (χ4v) is 3.16. The molecular formula is C21H22ClN3O3. The number of hydrogen-bond acceptors (Lipinski definition) is 3. The van der Waals surface area contributed by atoms with Crippen LogP contribution in [0, 0.1) is 6.92 Å². The molecule has 0 saturated heterocycles. The number of carbonyl (C=O) groups excluding carboxylic acids is 2. The molecule has 7 heteroatoms. The Kier molecular flexibility index (Phi) is 6.21. The summed E-state index contributed by atoms with van der Waals surface area (Å²) in [5, 5.41) is 7.17. The van der Waals surface area contributed by atoms with Crippen molar-refractivity contribution in [3.63, 3.8) is 0 Å². The first-order valence-electron chi connectivity index (χ1n) is 8.93. The fourth-order valence-electron chi connectivity index (χ4n) is 3.01. The number of methoxy groups -OCH3 is 1. The molecule has 0 atom stereocenters. The van der Waals surface area contributed by atoms with Crippen LogP contribution >= 0.6 is 11.6 Å². The first-order chi connectivity index (χ1) is 13.5. The van der Waals surface area contributed by atoms with Gasteiger partial charge in [-0.2, -0.15) is 0 Å². The fraction of sp³-hybridized carbons (Fsp3) is 0.238. The lowest BCUT2D eigenvalue weighted by molar-refractivity contribution is -0.126. The molecule has 2 aromatic carbocycles. The minimum atomic E-state index is -0.412. The molecule has 0 aliphatic rings. The van der Waals surface area contributed by atoms with Gasteiger partial charge >= 0.3 is 0 Å². The third kappa shape index (κ3) is 4.64. The Morgan fingerprint density at radius 3 is 2.75 bits per heavy atom. The van der Waals surface area contributed by atoms with Gasteiger partial charge in [0.1, 0.15) is 12.2 Å². The van der Waals surface area contributed by atoms with E-state index in [2.05, 4.69) is 15.6 Å². The normalized spacial score (nSPS) is 10.7. The van der Waals surface area contributed by atoms with E-state index >= 15 is 0 Å². The molecule has 1 aromatic heterocycles. The largest absolute Gasteiger partial charge is 0.495 e. The average molecular weight is 400 g/mol. The minimum absolute atomic E-state index is 0.265. The summed E-state index contributed by atoms with van der Waals surface area (Å²) in [6.45, 7) is 2.28. The van der Waals surface area contributed by atoms with Crippen molar-refractivity contribution in [2.24, 2.45) is 0 Å². The van der Waals surface area contributed by atoms with Crippen LogP contribution in [0.15, 0.2) is 42.6 Å². The van der Waals surface area contributed by atoms with E-state index in [1.165, 1.54) is 7.11 Å². The van der Waals surface area contributed by atoms with Crippen molar-refractivity contribution in [2.45, 2.75) is 19.8 Å². The zero-order valence-corrected chi connectivity index (χ0v) is 16.5. The van der Waals surface area contributed by atoms with E-state index in [1.807, 2.05) is 37.4 Å². The molecule has 0 radical (unpaired) electrons. The predicted molar refractivity (Wildman–Crippen MR) is 111 cm³/mol. The maximum atomic E-state index is 12.2. The molecule has 0 aliphatic carbocycles. The molecule has 3 aromatic rings. The van der Waals surface area contributed by atoms with Gasteiger partial charge in [0.2, 0.25) is 11.8 Å². The molecule has 0 aliphatic heterocycles. The van der Waals surface area contributed by atoms with E-state index in [1.54, 1.807) is 12.1 Å². The van der Waals surface area contributed by atoms with Gasteiger partial charge in [0.05, 0.1) is 12.8 Å². The monoisotopic (exact) mass is 399 g/mol. The highest BCUT2D eigenvalue weighted by molar-refractivity contribution is 6.31. The number of aryl methyl sites for hydroxylation is 1. The quantitative estimate of drug-likeness (QED) is 0.528. The lowest BCUT2D eigenvalue weighted by Crippen LogP contribution is -2.29. The van der Waals surface area contributed by atoms with E-state index in [9.17, 15) is 9.59 Å². The van der Waals surface area contributed by atoms with Gasteiger partial charge in [-0.25, -0.2) is 0 Å². The molecule has 146 valence electrons. The van der Waals surface area contributed by atoms with Crippen molar-refractivity contribution >= 4 is 40.0 Å². The maximum absolute atomic E-state index is 12.2. The van der Waals surface area contributed by atoms with E-state index in [0.717, 1.165) is 22.0 Å². The summed E-state index contributed by atoms with van der Waals surface area (Å²) in [6.07, 6.45) is 2.36. The zero-order valence-electron chi connectivity index (χ0n) is 15.8. The Balaban J connectivity index is 1.51. The third-order valence-electron chi connectivity index (χ3n) is 4.47. The van der Waals surface area contributed by atoms with Gasteiger partial charge < -0.3 is 20.4 Å². The van der Waals surface area contributed by atoms with Crippen molar-refractivity contribution in [3.8, 4) is 5.75 Å². The summed E-state index contributed by atoms with van der Waals surface area (Å²) in [4.78, 5) is 27.5. The Morgan fingerprint density at radius 2 is 1.96 bits per heavy atom. The van der Waals surface area contributed by atoms with Gasteiger partial charge in [0.25, 0.3) is 0 Å². The van der Waals surface area contributed by atoms with Crippen LogP contribution in [0.3, 0.4) is 0 Å². The van der Waals surface area contributed by atoms with Crippen LogP contribution in [0.4, 0.5) is 5.69 Å². The summed E-state index contributed by atoms with van der Waals surface area (Å²) in [5.74, 6) is -0.296. The number of para-hydroxylation sites is 1. The van der Waals surface area contributed by atoms with Crippen molar-refractivity contribution in [1.82, 2.24) is 10.3 Å². The summed E-state index contributed by atoms with van der Waals surface area (Å²) < 4.78 is 5.23. The molecule has 0 unspecified atom stereocenters. The second-order valence-corrected chi connectivity index (χ2v) is 6.89. The highest BCUT2D eigenvalue weighted by atomic mass is 35.5. The van der Waals surface area contributed by atoms with Crippen LogP contribution in [-0.2, 0) is 16.0 Å². The van der Waals surface area contributed by atoms with Gasteiger partial charge in [-0.15, -0.1) is 0 Å². The molecule has 3 N–H and O–H groups in total. The number of amides is 2. The molecule has 0 bridgehead atoms. The number of halogens is 1. The standard InChI is InChI=1S/C21H22ClN3O3/c1-13-9-18(19(28-2)10-16(13)22)25-21(27)11-20(26)23-8-7-14-12-24-17-6-4-3-5-15(14)17/h3-6,9-10,12,24H,7-8,11H2,1-2H3,(H,23,26)(H,25,27). The van der Waals surface area contributed by atoms with E-state index < -0.39 is 5.91 Å². The molecular weight excluding hydrogens is 378 g/mol. The van der Waals surface area contributed by atoms with Crippen LogP contribution in [0.5, 0.6) is 5.75 Å². The second-order valence-electron chi connectivity index (χ2n) is 6.49. The second kappa shape index (κ2) is 8.80. The third-order valence-corrected chi connectivity index (χ3v) is 4.87. The van der Waals surface area contributed by atoms with Crippen LogP contribution in [0.25, 0.3) is 10.9 Å². The van der Waals surface area contributed by atoms with E-state index in [0.29, 0.717) is 29.4 Å². The van der Waals surface area contributed by atoms with Crippen molar-refractivity contribution in [1.29, 1.82) is 0 Å². The van der Waals surface area contributed by atoms with Crippen LogP contribution in [0.1, 0.15) is 17.5 Å². The highest BCUT2D eigenvalue weighted by Gasteiger charge is 2.14. The lowest BCUT2D eigenvalue weighted by Gasteiger charge is -2.12. The van der Waals surface area contributed by atoms with Crippen molar-refractivity contribution < 1.29 is 14.3 Å². The number of anilines is 1. The van der Waals surface area contributed by atoms with Crippen LogP contribution in [-0.4, -0.2) is 30.5 Å². The first kappa shape index (κ1) is 19.8. The average Bonchev–Trinajstić information content (AvgIpc) is 3.07. The number of hydrogen-bond donors (Lipinski definition) is 3. The molecule has 0 spiro atoms. The lowest BCUT2D eigenvalue weighted by atomic mass is 10.1. The number of benzene rings is 2. The van der Waals surface area contributed by atoms with Crippen molar-refractivity contribution in [3.05, 3.63) is 58.7 Å². The van der Waals surface area contributed by atoms with Gasteiger partial charge in [-0.1, -0.05) is 29.8 Å². The van der Waals surface area contributed by atoms with Gasteiger partial charge in [-0.3, -0.25) is 9.59 Å². The molecule has 1 heterocycles. The van der Waals surface area contributed by atoms with Crippen LogP contribution in [0.2, 0.25) is 5.02 Å². The molecule has 3 rings (SSSR count). The number of fused-ring (bicyclic) bond motifs is 1. The zero-order chi connectivity index (χ0) is 20.1. The topological polar surface area (TPSA) is 83.2 Å². The number of H-pyrrole nitrogens is 1. The number of nitrogens with one attached hydrogen (secondary N) is 3. The number of ether oxygens (including phenoxy) is 1. The minimum Gasteiger partial charge on any atom is -0.495 e. The number of aromatic amines is 1. The number of aromatic nitrogens is 1. The van der Waals surface area contributed by atoms with E-state index in [4.69, 9.17) is 16.3 Å². The molecule has 28 heavy (non-hydrogen) atoms. The first-order valence-corrected chi connectivity index (χ1v) is 9.31. The number of carbonyl (C=O) groups is 2. The van der Waals surface area contributed by atoms with Crippen molar-refractivity contribution in [2.75, 3.05) is 19.0 Å². The van der Waals surface area contributed by atoms with E-state index in [-0.39, 0.29) is 12.3 Å². The SMILES string of the molecule is COc1cc(Cl)c(C)cc1NC(=O)CC(=O)NCCc1c[nH]c2ccccc12. The smallest absolute Gasteiger partial charge is 0.233 e. The maximum Gasteiger partial charge on any atom is 0.233 e. The Hall–Kier alpha value is -2.99. The van der Waals surface area contributed by atoms with Gasteiger partial charge in [0.15, 0.2) is 0 Å². The Morgan fingerprint density at radius 1 is 1.18 bits per heavy atom. The molecule has 6 nitrogen and oxygen atoms in total. The number of rotatable bonds is 7. The molecule has 0 fully saturated rings. The summed E-state index contributed by atoms with van der Waals surface area (Å²) in [7, 11) is 1.49. The molecule has 2 amide bonds. The van der Waals surface area contributed by atoms with Crippen LogP contribution < -0.4 is 15.4 Å². The summed E-state index contributed by atoms with van der Waals surface area (Å²) in [6, 6.07) is 11.4. The Labute approximate surface area is 168 Å². The highest BCUT2D eigenvalue weighted by Crippen LogP contribution is 2.31. The predicted octanol–water partition coefficient (Wildman–Crippen LogP) is 3.83. The molecule has 0 saturated carbocycles. The summed E-state index contributed by atoms with van der Waals surface area (Å²) >= 11 is 6.06. The summed E-state index contributed by atoms with van der Waals surface area (Å²) in [5.41, 5.74) is 3.49.